The summed E-state index contributed by atoms with van der Waals surface area (Å²) in [5.74, 6) is 4.27. The Hall–Kier alpha value is -2.39. The van der Waals surface area contributed by atoms with Gasteiger partial charge in [0.2, 0.25) is 0 Å². The summed E-state index contributed by atoms with van der Waals surface area (Å²) in [5, 5.41) is 3.08. The Kier molecular flexibility index (Phi) is 3.80. The maximum Gasteiger partial charge on any atom is 0.434 e. The lowest BCUT2D eigenvalue weighted by atomic mass is 10.2. The fourth-order valence-corrected chi connectivity index (χ4v) is 0.993. The number of nitrogens with two attached hydrogens (primary N) is 1. The number of hydrogen-bond donors (Lipinski definition) is 1. The van der Waals surface area contributed by atoms with Crippen molar-refractivity contribution < 1.29 is 13.2 Å². The maximum atomic E-state index is 12.5. The van der Waals surface area contributed by atoms with Gasteiger partial charge in [-0.15, -0.1) is 0 Å². The molecular formula is C9H6F3N5. The molecule has 0 fully saturated rings. The molecule has 8 heteroatoms. The highest BCUT2D eigenvalue weighted by Crippen LogP contribution is 2.30. The van der Waals surface area contributed by atoms with Crippen molar-refractivity contribution in [3.8, 4) is 11.8 Å². The van der Waals surface area contributed by atoms with E-state index < -0.39 is 11.9 Å². The molecule has 0 spiro atoms. The van der Waals surface area contributed by atoms with Crippen LogP contribution < -0.4 is 5.73 Å². The standard InChI is InChI=1S/C9H6F3N5/c10-9(11,12)8-6(2-1-5-15-17-14)3-4-7(13)16-8/h3-4H,5H2,(H2,13,16). The van der Waals surface area contributed by atoms with Crippen molar-refractivity contribution in [1.82, 2.24) is 4.98 Å². The minimum atomic E-state index is -4.63. The smallest absolute Gasteiger partial charge is 0.384 e. The number of aromatic nitrogens is 1. The van der Waals surface area contributed by atoms with Gasteiger partial charge in [-0.3, -0.25) is 0 Å². The van der Waals surface area contributed by atoms with Crippen LogP contribution in [0, 0.1) is 11.8 Å². The fraction of sp³-hybridized carbons (Fsp3) is 0.222. The zero-order valence-corrected chi connectivity index (χ0v) is 8.36. The lowest BCUT2D eigenvalue weighted by Gasteiger charge is -2.08. The van der Waals surface area contributed by atoms with Crippen LogP contribution in [0.2, 0.25) is 0 Å². The third kappa shape index (κ3) is 3.59. The summed E-state index contributed by atoms with van der Waals surface area (Å²) in [5.41, 5.74) is 11.7. The second-order valence-electron chi connectivity index (χ2n) is 2.82. The van der Waals surface area contributed by atoms with Gasteiger partial charge < -0.3 is 5.73 Å². The SMILES string of the molecule is [N-]=[N+]=NCC#Cc1ccc(N)nc1C(F)(F)F. The third-order valence-corrected chi connectivity index (χ3v) is 1.62. The number of rotatable bonds is 1. The topological polar surface area (TPSA) is 87.7 Å². The summed E-state index contributed by atoms with van der Waals surface area (Å²) >= 11 is 0. The molecule has 0 amide bonds. The molecule has 1 aromatic heterocycles. The van der Waals surface area contributed by atoms with Gasteiger partial charge >= 0.3 is 6.18 Å². The summed E-state index contributed by atoms with van der Waals surface area (Å²) in [6.07, 6.45) is -4.63. The summed E-state index contributed by atoms with van der Waals surface area (Å²) in [4.78, 5) is 5.61. The molecule has 0 saturated heterocycles. The van der Waals surface area contributed by atoms with Gasteiger partial charge in [-0.1, -0.05) is 17.0 Å². The number of alkyl halides is 3. The molecule has 1 aromatic rings. The highest BCUT2D eigenvalue weighted by molar-refractivity contribution is 5.44. The first-order valence-corrected chi connectivity index (χ1v) is 4.28. The summed E-state index contributed by atoms with van der Waals surface area (Å²) in [6.45, 7) is -0.210. The van der Waals surface area contributed by atoms with Crippen molar-refractivity contribution >= 4 is 5.82 Å². The van der Waals surface area contributed by atoms with E-state index in [1.54, 1.807) is 0 Å². The molecule has 1 rings (SSSR count). The van der Waals surface area contributed by atoms with Gasteiger partial charge in [0.15, 0.2) is 5.69 Å². The predicted molar refractivity (Wildman–Crippen MR) is 54.5 cm³/mol. The van der Waals surface area contributed by atoms with Crippen molar-refractivity contribution in [1.29, 1.82) is 0 Å². The van der Waals surface area contributed by atoms with Crippen molar-refractivity contribution in [2.45, 2.75) is 6.18 Å². The Morgan fingerprint density at radius 2 is 2.18 bits per heavy atom. The molecule has 17 heavy (non-hydrogen) atoms. The molecular weight excluding hydrogens is 235 g/mol. The van der Waals surface area contributed by atoms with Gasteiger partial charge in [0, 0.05) is 4.91 Å². The number of nitrogen functional groups attached to an aromatic ring is 1. The Morgan fingerprint density at radius 1 is 1.47 bits per heavy atom. The number of hydrogen-bond acceptors (Lipinski definition) is 3. The zero-order valence-electron chi connectivity index (χ0n) is 8.36. The average Bonchev–Trinajstić information content (AvgIpc) is 2.25. The van der Waals surface area contributed by atoms with Crippen LogP contribution in [0.5, 0.6) is 0 Å². The first-order valence-electron chi connectivity index (χ1n) is 4.28. The number of pyridine rings is 1. The molecule has 0 radical (unpaired) electrons. The van der Waals surface area contributed by atoms with Gasteiger partial charge in [-0.2, -0.15) is 13.2 Å². The fourth-order valence-electron chi connectivity index (χ4n) is 0.993. The zero-order chi connectivity index (χ0) is 12.9. The summed E-state index contributed by atoms with van der Waals surface area (Å²) in [7, 11) is 0. The van der Waals surface area contributed by atoms with Gasteiger partial charge in [0.05, 0.1) is 12.1 Å². The minimum Gasteiger partial charge on any atom is -0.384 e. The van der Waals surface area contributed by atoms with Crippen LogP contribution in [-0.4, -0.2) is 11.5 Å². The van der Waals surface area contributed by atoms with Crippen molar-refractivity contribution in [3.05, 3.63) is 33.8 Å². The van der Waals surface area contributed by atoms with E-state index in [1.165, 1.54) is 6.07 Å². The lowest BCUT2D eigenvalue weighted by molar-refractivity contribution is -0.141. The minimum absolute atomic E-state index is 0.210. The van der Waals surface area contributed by atoms with Crippen molar-refractivity contribution in [2.24, 2.45) is 5.11 Å². The third-order valence-electron chi connectivity index (χ3n) is 1.62. The largest absolute Gasteiger partial charge is 0.434 e. The van der Waals surface area contributed by atoms with Crippen LogP contribution in [0.4, 0.5) is 19.0 Å². The Balaban J connectivity index is 3.14. The second kappa shape index (κ2) is 5.09. The van der Waals surface area contributed by atoms with Crippen LogP contribution >= 0.6 is 0 Å². The molecule has 0 unspecified atom stereocenters. The van der Waals surface area contributed by atoms with Crippen LogP contribution in [0.3, 0.4) is 0 Å². The predicted octanol–water partition coefficient (Wildman–Crippen LogP) is 2.34. The number of halogens is 3. The Labute approximate surface area is 94.1 Å². The molecule has 0 saturated carbocycles. The number of azide groups is 1. The van der Waals surface area contributed by atoms with E-state index in [-0.39, 0.29) is 17.9 Å². The van der Waals surface area contributed by atoms with Crippen LogP contribution in [0.25, 0.3) is 10.4 Å². The van der Waals surface area contributed by atoms with Gasteiger partial charge in [-0.25, -0.2) is 4.98 Å². The molecule has 0 aromatic carbocycles. The molecule has 5 nitrogen and oxygen atoms in total. The highest BCUT2D eigenvalue weighted by atomic mass is 19.4. The highest BCUT2D eigenvalue weighted by Gasteiger charge is 2.35. The average molecular weight is 241 g/mol. The van der Waals surface area contributed by atoms with E-state index in [4.69, 9.17) is 11.3 Å². The number of nitrogens with zero attached hydrogens (tertiary/aromatic N) is 4. The van der Waals surface area contributed by atoms with Gasteiger partial charge in [0.25, 0.3) is 0 Å². The van der Waals surface area contributed by atoms with Crippen molar-refractivity contribution in [3.63, 3.8) is 0 Å². The molecule has 88 valence electrons. The number of anilines is 1. The maximum absolute atomic E-state index is 12.5. The van der Waals surface area contributed by atoms with Crippen LogP contribution in [0.15, 0.2) is 17.2 Å². The quantitative estimate of drug-likeness (QED) is 0.354. The molecule has 2 N–H and O–H groups in total. The van der Waals surface area contributed by atoms with E-state index in [0.717, 1.165) is 6.07 Å². The van der Waals surface area contributed by atoms with E-state index in [1.807, 2.05) is 0 Å². The van der Waals surface area contributed by atoms with Crippen LogP contribution in [-0.2, 0) is 6.18 Å². The second-order valence-corrected chi connectivity index (χ2v) is 2.82. The van der Waals surface area contributed by atoms with Gasteiger partial charge in [0.1, 0.15) is 5.82 Å². The van der Waals surface area contributed by atoms with Gasteiger partial charge in [-0.05, 0) is 17.7 Å². The molecule has 0 aliphatic heterocycles. The first-order chi connectivity index (χ1) is 7.95. The first kappa shape index (κ1) is 12.7. The molecule has 0 aliphatic rings. The molecule has 1 heterocycles. The van der Waals surface area contributed by atoms with E-state index in [0.29, 0.717) is 0 Å². The molecule has 0 aliphatic carbocycles. The lowest BCUT2D eigenvalue weighted by Crippen LogP contribution is -2.12. The Morgan fingerprint density at radius 3 is 2.76 bits per heavy atom. The normalized spacial score (nSPS) is 10.1. The summed E-state index contributed by atoms with van der Waals surface area (Å²) in [6, 6.07) is 2.33. The van der Waals surface area contributed by atoms with E-state index in [9.17, 15) is 13.2 Å². The molecule has 0 atom stereocenters. The van der Waals surface area contributed by atoms with E-state index >= 15 is 0 Å². The van der Waals surface area contributed by atoms with E-state index in [2.05, 4.69) is 26.9 Å². The summed E-state index contributed by atoms with van der Waals surface area (Å²) < 4.78 is 37.6. The molecule has 0 bridgehead atoms. The van der Waals surface area contributed by atoms with Crippen molar-refractivity contribution in [2.75, 3.05) is 12.3 Å². The monoisotopic (exact) mass is 241 g/mol. The Bertz CT molecular complexity index is 520. The van der Waals surface area contributed by atoms with Crippen LogP contribution in [0.1, 0.15) is 11.3 Å².